The first-order chi connectivity index (χ1) is 19.9. The number of benzene rings is 1. The van der Waals surface area contributed by atoms with E-state index in [1.165, 1.54) is 91.2 Å². The second-order valence-electron chi connectivity index (χ2n) is 13.1. The molecular formula is C36H30S6. The third kappa shape index (κ3) is 3.26. The van der Waals surface area contributed by atoms with Gasteiger partial charge in [-0.05, 0) is 109 Å². The molecule has 0 aliphatic heterocycles. The minimum Gasteiger partial charge on any atom is -0.140 e. The normalized spacial score (nSPS) is 16.0. The van der Waals surface area contributed by atoms with Crippen molar-refractivity contribution in [1.29, 1.82) is 0 Å². The van der Waals surface area contributed by atoms with Crippen LogP contribution in [0.3, 0.4) is 0 Å². The Hall–Kier alpha value is -2.06. The topological polar surface area (TPSA) is 0 Å². The molecular weight excluding hydrogens is 625 g/mol. The van der Waals surface area contributed by atoms with E-state index in [0.29, 0.717) is 0 Å². The SMILES string of the molecule is Cc1cc2sc(-c3cc4c(s3)-c3c(C)c5c(c(C)c3C4(C)C)-c3sc(-c4cc6sc(C)cc6s4)cc3C5(C)C)cc2s1. The Morgan fingerprint density at radius 1 is 0.429 bits per heavy atom. The van der Waals surface area contributed by atoms with Crippen molar-refractivity contribution in [3.05, 3.63) is 79.5 Å². The summed E-state index contributed by atoms with van der Waals surface area (Å²) in [5.41, 5.74) is 12.1. The highest BCUT2D eigenvalue weighted by Gasteiger charge is 2.47. The van der Waals surface area contributed by atoms with Crippen molar-refractivity contribution in [2.75, 3.05) is 0 Å². The summed E-state index contributed by atoms with van der Waals surface area (Å²) in [6.07, 6.45) is 0. The predicted octanol–water partition coefficient (Wildman–Crippen LogP) is 13.5. The summed E-state index contributed by atoms with van der Waals surface area (Å²) in [4.78, 5) is 11.5. The van der Waals surface area contributed by atoms with Crippen molar-refractivity contribution < 1.29 is 0 Å². The van der Waals surface area contributed by atoms with E-state index in [2.05, 4.69) is 91.8 Å². The van der Waals surface area contributed by atoms with Crippen LogP contribution in [0.2, 0.25) is 0 Å². The first-order valence-corrected chi connectivity index (χ1v) is 19.3. The maximum absolute atomic E-state index is 2.52. The van der Waals surface area contributed by atoms with Crippen LogP contribution in [0.4, 0.5) is 0 Å². The van der Waals surface area contributed by atoms with E-state index in [1.54, 1.807) is 11.1 Å². The molecule has 7 aromatic rings. The molecule has 0 spiro atoms. The number of hydrogen-bond donors (Lipinski definition) is 0. The lowest BCUT2D eigenvalue weighted by Gasteiger charge is -2.29. The number of aryl methyl sites for hydroxylation is 2. The van der Waals surface area contributed by atoms with Gasteiger partial charge in [0.2, 0.25) is 0 Å². The van der Waals surface area contributed by atoms with Gasteiger partial charge in [-0.3, -0.25) is 0 Å². The van der Waals surface area contributed by atoms with Gasteiger partial charge < -0.3 is 0 Å². The van der Waals surface area contributed by atoms with Crippen LogP contribution in [-0.4, -0.2) is 0 Å². The number of rotatable bonds is 2. The van der Waals surface area contributed by atoms with Crippen molar-refractivity contribution in [3.8, 4) is 40.4 Å². The lowest BCUT2D eigenvalue weighted by Crippen LogP contribution is -2.20. The molecule has 210 valence electrons. The molecule has 6 heteroatoms. The highest BCUT2D eigenvalue weighted by atomic mass is 32.1. The van der Waals surface area contributed by atoms with Gasteiger partial charge in [0.15, 0.2) is 0 Å². The second-order valence-corrected chi connectivity index (χ2v) is 19.9. The van der Waals surface area contributed by atoms with Crippen LogP contribution in [0.1, 0.15) is 70.8 Å². The first-order valence-electron chi connectivity index (χ1n) is 14.4. The minimum atomic E-state index is -0.0164. The molecule has 0 unspecified atom stereocenters. The summed E-state index contributed by atoms with van der Waals surface area (Å²) in [7, 11) is 0. The summed E-state index contributed by atoms with van der Waals surface area (Å²) < 4.78 is 5.70. The summed E-state index contributed by atoms with van der Waals surface area (Å²) in [5, 5.41) is 0. The average molecular weight is 655 g/mol. The molecule has 0 saturated heterocycles. The highest BCUT2D eigenvalue weighted by Crippen LogP contribution is 2.64. The second kappa shape index (κ2) is 8.35. The van der Waals surface area contributed by atoms with Crippen molar-refractivity contribution in [1.82, 2.24) is 0 Å². The molecule has 0 bridgehead atoms. The highest BCUT2D eigenvalue weighted by molar-refractivity contribution is 7.32. The fourth-order valence-corrected chi connectivity index (χ4v) is 15.5. The fourth-order valence-electron chi connectivity index (χ4n) is 7.88. The lowest BCUT2D eigenvalue weighted by atomic mass is 9.74. The Morgan fingerprint density at radius 2 is 0.786 bits per heavy atom. The molecule has 1 aromatic carbocycles. The number of hydrogen-bond acceptors (Lipinski definition) is 6. The first kappa shape index (κ1) is 26.4. The molecule has 2 aliphatic carbocycles. The Morgan fingerprint density at radius 3 is 1.17 bits per heavy atom. The van der Waals surface area contributed by atoms with Crippen molar-refractivity contribution in [3.63, 3.8) is 0 Å². The molecule has 0 N–H and O–H groups in total. The Kier molecular flexibility index (Phi) is 5.24. The molecule has 2 aliphatic rings. The van der Waals surface area contributed by atoms with Crippen LogP contribution in [0.25, 0.3) is 59.2 Å². The van der Waals surface area contributed by atoms with Crippen LogP contribution in [0.15, 0.2) is 36.4 Å². The maximum Gasteiger partial charge on any atom is 0.0463 e. The van der Waals surface area contributed by atoms with Gasteiger partial charge in [-0.15, -0.1) is 68.0 Å². The van der Waals surface area contributed by atoms with Gasteiger partial charge in [0.05, 0.1) is 0 Å². The number of fused-ring (bicyclic) bond motifs is 8. The van der Waals surface area contributed by atoms with Gasteiger partial charge in [0, 0.05) is 68.6 Å². The van der Waals surface area contributed by atoms with Gasteiger partial charge in [-0.1, -0.05) is 27.7 Å². The zero-order valence-electron chi connectivity index (χ0n) is 24.9. The molecule has 0 fully saturated rings. The molecule has 0 radical (unpaired) electrons. The maximum atomic E-state index is 2.52. The molecule has 6 heterocycles. The smallest absolute Gasteiger partial charge is 0.0463 e. The van der Waals surface area contributed by atoms with Crippen molar-refractivity contribution in [2.45, 2.75) is 66.2 Å². The van der Waals surface area contributed by atoms with Gasteiger partial charge >= 0.3 is 0 Å². The Labute approximate surface area is 271 Å². The van der Waals surface area contributed by atoms with Crippen LogP contribution >= 0.6 is 68.0 Å². The molecule has 6 aromatic heterocycles. The van der Waals surface area contributed by atoms with Gasteiger partial charge in [0.1, 0.15) is 0 Å². The summed E-state index contributed by atoms with van der Waals surface area (Å²) in [6, 6.07) is 14.6. The largest absolute Gasteiger partial charge is 0.140 e. The zero-order chi connectivity index (χ0) is 29.0. The third-order valence-corrected chi connectivity index (χ3v) is 16.8. The van der Waals surface area contributed by atoms with Crippen LogP contribution in [-0.2, 0) is 10.8 Å². The summed E-state index contributed by atoms with van der Waals surface area (Å²) in [5.74, 6) is 0. The fraction of sp³-hybridized carbons (Fsp3) is 0.278. The van der Waals surface area contributed by atoms with Gasteiger partial charge in [-0.25, -0.2) is 0 Å². The zero-order valence-corrected chi connectivity index (χ0v) is 29.8. The Balaban J connectivity index is 1.23. The number of thiophene rings is 6. The van der Waals surface area contributed by atoms with E-state index < -0.39 is 0 Å². The molecule has 0 atom stereocenters. The van der Waals surface area contributed by atoms with Crippen molar-refractivity contribution in [2.24, 2.45) is 0 Å². The Bertz CT molecular complexity index is 2070. The predicted molar refractivity (Wildman–Crippen MR) is 194 cm³/mol. The monoisotopic (exact) mass is 654 g/mol. The van der Waals surface area contributed by atoms with E-state index in [9.17, 15) is 0 Å². The quantitative estimate of drug-likeness (QED) is 0.174. The molecule has 9 rings (SSSR count). The van der Waals surface area contributed by atoms with Crippen LogP contribution < -0.4 is 0 Å². The van der Waals surface area contributed by atoms with Crippen molar-refractivity contribution >= 4 is 86.8 Å². The molecule has 42 heavy (non-hydrogen) atoms. The summed E-state index contributed by atoms with van der Waals surface area (Å²) >= 11 is 11.8. The molecule has 0 saturated carbocycles. The van der Waals surface area contributed by atoms with E-state index in [1.807, 2.05) is 68.0 Å². The average Bonchev–Trinajstić information content (AvgIpc) is 3.71. The van der Waals surface area contributed by atoms with E-state index in [4.69, 9.17) is 0 Å². The van der Waals surface area contributed by atoms with E-state index in [0.717, 1.165) is 0 Å². The van der Waals surface area contributed by atoms with E-state index in [-0.39, 0.29) is 10.8 Å². The standard InChI is InChI=1S/C36H30S6/c1-15-9-21-25(37-15)13-27(39-21)23-11-19-33(41-23)29-17(3)32-30(18(4)31(29)35(19,5)6)34-20(36(32,7)8)12-24(42-34)28-14-26-22(40-28)10-16(2)38-26/h9-14H,1-8H3. The van der Waals surface area contributed by atoms with Gasteiger partial charge in [-0.2, -0.15) is 0 Å². The third-order valence-electron chi connectivity index (χ3n) is 9.66. The van der Waals surface area contributed by atoms with Gasteiger partial charge in [0.25, 0.3) is 0 Å². The summed E-state index contributed by atoms with van der Waals surface area (Å²) in [6.45, 7) is 19.1. The van der Waals surface area contributed by atoms with Crippen LogP contribution in [0, 0.1) is 27.7 Å². The molecule has 0 amide bonds. The lowest BCUT2D eigenvalue weighted by molar-refractivity contribution is 0.646. The van der Waals surface area contributed by atoms with E-state index >= 15 is 0 Å². The minimum absolute atomic E-state index is 0.0164. The molecule has 0 nitrogen and oxygen atoms in total. The van der Waals surface area contributed by atoms with Crippen LogP contribution in [0.5, 0.6) is 0 Å².